The van der Waals surface area contributed by atoms with Gasteiger partial charge in [0, 0.05) is 36.1 Å². The van der Waals surface area contributed by atoms with Crippen molar-refractivity contribution >= 4 is 23.9 Å². The van der Waals surface area contributed by atoms with E-state index < -0.39 is 59.1 Å². The number of carbonyl (C=O) groups is 4. The summed E-state index contributed by atoms with van der Waals surface area (Å²) < 4.78 is 22.8. The summed E-state index contributed by atoms with van der Waals surface area (Å²) in [4.78, 5) is 53.0. The number of ether oxygens (including phenoxy) is 4. The highest BCUT2D eigenvalue weighted by atomic mass is 16.6. The molecule has 46 heavy (non-hydrogen) atoms. The summed E-state index contributed by atoms with van der Waals surface area (Å²) in [6.07, 6.45) is -2.31. The number of aliphatic hydroxyl groups is 2. The maximum absolute atomic E-state index is 13.7. The van der Waals surface area contributed by atoms with Crippen LogP contribution in [0.5, 0.6) is 5.75 Å². The molecule has 0 unspecified atom stereocenters. The summed E-state index contributed by atoms with van der Waals surface area (Å²) in [7, 11) is 1.93. The average molecular weight is 638 g/mol. The van der Waals surface area contributed by atoms with Gasteiger partial charge >= 0.3 is 23.9 Å². The second-order valence-electron chi connectivity index (χ2n) is 12.3. The molecule has 0 amide bonds. The van der Waals surface area contributed by atoms with Crippen molar-refractivity contribution in [2.24, 2.45) is 5.92 Å². The van der Waals surface area contributed by atoms with E-state index in [4.69, 9.17) is 18.9 Å². The SMILES string of the molecule is CC(=O)O[C@@H](C(=O)O[C@H](C(=O)O)c1ccccc1)[C@@H](C)C(=O)OC1=CC[C@@]2(O)[C@@H](C)N(C)CC[C@@]23c2c(C)ccc(CO)c2O[C@@H]13. The third kappa shape index (κ3) is 5.33. The van der Waals surface area contributed by atoms with Gasteiger partial charge in [0.25, 0.3) is 0 Å². The van der Waals surface area contributed by atoms with Crippen LogP contribution in [0.4, 0.5) is 0 Å². The van der Waals surface area contributed by atoms with E-state index in [1.807, 2.05) is 27.0 Å². The number of carboxylic acids is 1. The third-order valence-electron chi connectivity index (χ3n) is 9.73. The molecule has 1 fully saturated rings. The highest BCUT2D eigenvalue weighted by Gasteiger charge is 2.69. The fourth-order valence-electron chi connectivity index (χ4n) is 7.14. The Morgan fingerprint density at radius 1 is 1.09 bits per heavy atom. The third-order valence-corrected chi connectivity index (χ3v) is 9.73. The van der Waals surface area contributed by atoms with Gasteiger partial charge in [-0.25, -0.2) is 9.59 Å². The number of rotatable bonds is 9. The van der Waals surface area contributed by atoms with Crippen LogP contribution >= 0.6 is 0 Å². The molecule has 2 aromatic carbocycles. The number of piperidine rings is 1. The molecular formula is C34H39NO11. The minimum absolute atomic E-state index is 0.111. The molecule has 2 heterocycles. The molecule has 1 saturated heterocycles. The summed E-state index contributed by atoms with van der Waals surface area (Å²) in [5.41, 5.74) is -0.0491. The van der Waals surface area contributed by atoms with Crippen molar-refractivity contribution in [2.75, 3.05) is 13.6 Å². The van der Waals surface area contributed by atoms with Crippen molar-refractivity contribution in [3.63, 3.8) is 0 Å². The molecule has 12 heteroatoms. The zero-order valence-corrected chi connectivity index (χ0v) is 26.4. The van der Waals surface area contributed by atoms with Gasteiger partial charge in [0.2, 0.25) is 12.2 Å². The number of aliphatic carboxylic acids is 1. The monoisotopic (exact) mass is 637 g/mol. The van der Waals surface area contributed by atoms with E-state index >= 15 is 0 Å². The highest BCUT2D eigenvalue weighted by molar-refractivity contribution is 5.88. The standard InChI is InChI=1S/C34H39NO11/c1-18-11-12-23(17-36)27-25(18)33-15-16-35(5)20(3)34(33,42)14-13-24(29(33)45-27)44-31(40)19(2)26(43-21(4)37)32(41)46-28(30(38)39)22-9-7-6-8-10-22/h6-13,19-20,26,28-29,36,42H,14-17H2,1-5H3,(H,38,39)/t19-,20-,26-,28+,29+,33+,34-/m1/s1. The van der Waals surface area contributed by atoms with Gasteiger partial charge in [0.1, 0.15) is 17.4 Å². The van der Waals surface area contributed by atoms with Gasteiger partial charge in [-0.15, -0.1) is 0 Å². The van der Waals surface area contributed by atoms with Gasteiger partial charge in [0.15, 0.2) is 6.10 Å². The minimum atomic E-state index is -1.82. The van der Waals surface area contributed by atoms with E-state index in [0.717, 1.165) is 18.1 Å². The zero-order valence-electron chi connectivity index (χ0n) is 26.4. The van der Waals surface area contributed by atoms with Crippen LogP contribution < -0.4 is 4.74 Å². The second-order valence-corrected chi connectivity index (χ2v) is 12.3. The van der Waals surface area contributed by atoms with Crippen LogP contribution in [0, 0.1) is 12.8 Å². The van der Waals surface area contributed by atoms with Crippen LogP contribution in [-0.4, -0.2) is 81.5 Å². The quantitative estimate of drug-likeness (QED) is 0.272. The smallest absolute Gasteiger partial charge is 0.349 e. The molecule has 2 aromatic rings. The first-order valence-electron chi connectivity index (χ1n) is 15.2. The lowest BCUT2D eigenvalue weighted by molar-refractivity contribution is -0.183. The number of hydrogen-bond donors (Lipinski definition) is 3. The van der Waals surface area contributed by atoms with Crippen LogP contribution in [-0.2, 0) is 45.4 Å². The van der Waals surface area contributed by atoms with Crippen LogP contribution in [0.2, 0.25) is 0 Å². The lowest BCUT2D eigenvalue weighted by Gasteiger charge is -2.58. The van der Waals surface area contributed by atoms with E-state index in [1.165, 1.54) is 19.1 Å². The normalized spacial score (nSPS) is 27.0. The molecule has 3 N–H and O–H groups in total. The number of benzene rings is 2. The molecule has 0 saturated carbocycles. The Bertz CT molecular complexity index is 1570. The Hall–Kier alpha value is -4.26. The molecule has 246 valence electrons. The number of nitrogens with zero attached hydrogens (tertiary/aromatic N) is 1. The first-order chi connectivity index (χ1) is 21.8. The number of carboxylic acid groups (broad SMARTS) is 1. The van der Waals surface area contributed by atoms with Crippen molar-refractivity contribution in [3.05, 3.63) is 76.6 Å². The van der Waals surface area contributed by atoms with Gasteiger partial charge in [-0.1, -0.05) is 42.5 Å². The number of hydrogen-bond acceptors (Lipinski definition) is 11. The fraction of sp³-hybridized carbons (Fsp3) is 0.471. The summed E-state index contributed by atoms with van der Waals surface area (Å²) in [6.45, 7) is 6.50. The molecule has 2 aliphatic heterocycles. The number of carbonyl (C=O) groups excluding carboxylic acids is 3. The van der Waals surface area contributed by atoms with Gasteiger partial charge in [-0.05, 0) is 52.4 Å². The Kier molecular flexibility index (Phi) is 9.00. The summed E-state index contributed by atoms with van der Waals surface area (Å²) in [5.74, 6) is -5.42. The Labute approximate surface area is 266 Å². The van der Waals surface area contributed by atoms with Crippen LogP contribution in [0.25, 0.3) is 0 Å². The number of esters is 3. The lowest BCUT2D eigenvalue weighted by atomic mass is 9.54. The molecule has 1 aliphatic carbocycles. The van der Waals surface area contributed by atoms with E-state index in [0.29, 0.717) is 24.3 Å². The van der Waals surface area contributed by atoms with E-state index in [9.17, 15) is 34.5 Å². The number of likely N-dealkylation sites (tertiary alicyclic amines) is 1. The highest BCUT2D eigenvalue weighted by Crippen LogP contribution is 2.61. The molecule has 0 aromatic heterocycles. The molecular weight excluding hydrogens is 598 g/mol. The van der Waals surface area contributed by atoms with Crippen molar-refractivity contribution < 1.29 is 53.4 Å². The van der Waals surface area contributed by atoms with Gasteiger partial charge in [-0.2, -0.15) is 0 Å². The second kappa shape index (κ2) is 12.5. The van der Waals surface area contributed by atoms with E-state index in [2.05, 4.69) is 4.90 Å². The van der Waals surface area contributed by atoms with Crippen LogP contribution in [0.15, 0.2) is 54.3 Å². The Morgan fingerprint density at radius 3 is 2.41 bits per heavy atom. The van der Waals surface area contributed by atoms with Gasteiger partial charge < -0.3 is 39.2 Å². The lowest BCUT2D eigenvalue weighted by Crippen LogP contribution is -2.71. The number of likely N-dealkylation sites (N-methyl/N-ethyl adjacent to an activating group) is 1. The summed E-state index contributed by atoms with van der Waals surface area (Å²) >= 11 is 0. The largest absolute Gasteiger partial charge is 0.481 e. The molecule has 1 spiro atoms. The summed E-state index contributed by atoms with van der Waals surface area (Å²) in [5, 5.41) is 32.3. The predicted octanol–water partition coefficient (Wildman–Crippen LogP) is 2.71. The molecule has 0 bridgehead atoms. The van der Waals surface area contributed by atoms with E-state index in [1.54, 1.807) is 30.3 Å². The molecule has 0 radical (unpaired) electrons. The minimum Gasteiger partial charge on any atom is -0.481 e. The van der Waals surface area contributed by atoms with Gasteiger partial charge in [-0.3, -0.25) is 9.59 Å². The van der Waals surface area contributed by atoms with Gasteiger partial charge in [0.05, 0.1) is 17.6 Å². The van der Waals surface area contributed by atoms with Crippen molar-refractivity contribution in [3.8, 4) is 5.75 Å². The van der Waals surface area contributed by atoms with Crippen molar-refractivity contribution in [2.45, 2.75) is 82.5 Å². The number of aryl methyl sites for hydroxylation is 1. The first kappa shape index (κ1) is 33.1. The Balaban J connectivity index is 1.46. The maximum atomic E-state index is 13.7. The average Bonchev–Trinajstić information content (AvgIpc) is 3.39. The first-order valence-corrected chi connectivity index (χ1v) is 15.2. The molecule has 12 nitrogen and oxygen atoms in total. The maximum Gasteiger partial charge on any atom is 0.349 e. The van der Waals surface area contributed by atoms with Crippen molar-refractivity contribution in [1.82, 2.24) is 4.90 Å². The van der Waals surface area contributed by atoms with E-state index in [-0.39, 0.29) is 30.4 Å². The number of aliphatic hydroxyl groups excluding tert-OH is 1. The predicted molar refractivity (Wildman–Crippen MR) is 161 cm³/mol. The van der Waals surface area contributed by atoms with Crippen LogP contribution in [0.3, 0.4) is 0 Å². The molecule has 7 atom stereocenters. The fourth-order valence-corrected chi connectivity index (χ4v) is 7.14. The molecule has 5 rings (SSSR count). The molecule has 3 aliphatic rings. The topological polar surface area (TPSA) is 169 Å². The Morgan fingerprint density at radius 2 is 1.78 bits per heavy atom. The van der Waals surface area contributed by atoms with Crippen LogP contribution in [0.1, 0.15) is 62.0 Å². The number of fused-ring (bicyclic) bond motifs is 1. The van der Waals surface area contributed by atoms with Crippen molar-refractivity contribution in [1.29, 1.82) is 0 Å². The zero-order chi connectivity index (χ0) is 33.6. The summed E-state index contributed by atoms with van der Waals surface area (Å²) in [6, 6.07) is 11.1.